The molecule has 0 aromatic carbocycles. The molecule has 2 saturated carbocycles. The summed E-state index contributed by atoms with van der Waals surface area (Å²) < 4.78 is 10.2. The van der Waals surface area contributed by atoms with Crippen molar-refractivity contribution in [1.82, 2.24) is 0 Å². The van der Waals surface area contributed by atoms with Crippen LogP contribution in [-0.4, -0.2) is 25.2 Å². The summed E-state index contributed by atoms with van der Waals surface area (Å²) in [7, 11) is 0. The van der Waals surface area contributed by atoms with Crippen molar-refractivity contribution in [2.75, 3.05) is 13.2 Å². The van der Waals surface area contributed by atoms with E-state index in [2.05, 4.69) is 0 Å². The second-order valence-electron chi connectivity index (χ2n) is 4.98. The molecule has 0 bridgehead atoms. The summed E-state index contributed by atoms with van der Waals surface area (Å²) in [5.41, 5.74) is -1.14. The van der Waals surface area contributed by atoms with E-state index in [9.17, 15) is 9.59 Å². The van der Waals surface area contributed by atoms with Gasteiger partial charge in [-0.2, -0.15) is 0 Å². The Morgan fingerprint density at radius 1 is 0.941 bits per heavy atom. The fourth-order valence-electron chi connectivity index (χ4n) is 3.24. The van der Waals surface area contributed by atoms with Crippen molar-refractivity contribution in [3.8, 4) is 0 Å². The maximum atomic E-state index is 12.1. The Morgan fingerprint density at radius 2 is 1.47 bits per heavy atom. The van der Waals surface area contributed by atoms with Crippen molar-refractivity contribution < 1.29 is 19.1 Å². The second kappa shape index (κ2) is 4.31. The number of hydrogen-bond donors (Lipinski definition) is 0. The smallest absolute Gasteiger partial charge is 0.324 e. The maximum Gasteiger partial charge on any atom is 0.324 e. The molecule has 4 heteroatoms. The quantitative estimate of drug-likeness (QED) is 0.557. The van der Waals surface area contributed by atoms with Crippen molar-refractivity contribution in [3.05, 3.63) is 0 Å². The lowest BCUT2D eigenvalue weighted by Crippen LogP contribution is -2.64. The zero-order valence-electron chi connectivity index (χ0n) is 10.6. The van der Waals surface area contributed by atoms with Crippen molar-refractivity contribution in [2.45, 2.75) is 46.0 Å². The highest BCUT2D eigenvalue weighted by molar-refractivity contribution is 6.02. The van der Waals surface area contributed by atoms with Crippen LogP contribution in [0.15, 0.2) is 0 Å². The van der Waals surface area contributed by atoms with Gasteiger partial charge >= 0.3 is 11.9 Å². The third-order valence-corrected chi connectivity index (χ3v) is 4.44. The summed E-state index contributed by atoms with van der Waals surface area (Å²) in [4.78, 5) is 24.3. The van der Waals surface area contributed by atoms with Gasteiger partial charge in [-0.3, -0.25) is 9.59 Å². The molecule has 0 unspecified atom stereocenters. The van der Waals surface area contributed by atoms with Crippen LogP contribution in [0.4, 0.5) is 0 Å². The lowest BCUT2D eigenvalue weighted by atomic mass is 9.41. The summed E-state index contributed by atoms with van der Waals surface area (Å²) in [6.07, 6.45) is 4.53. The third kappa shape index (κ3) is 1.49. The molecule has 96 valence electrons. The van der Waals surface area contributed by atoms with Gasteiger partial charge in [-0.15, -0.1) is 0 Å². The van der Waals surface area contributed by atoms with Crippen LogP contribution in [0, 0.1) is 10.8 Å². The Balaban J connectivity index is 2.24. The molecule has 0 heterocycles. The van der Waals surface area contributed by atoms with Crippen LogP contribution in [0.1, 0.15) is 46.0 Å². The normalized spacial score (nSPS) is 23.4. The highest BCUT2D eigenvalue weighted by Gasteiger charge is 2.71. The minimum atomic E-state index is -0.989. The zero-order valence-corrected chi connectivity index (χ0v) is 10.6. The fraction of sp³-hybridized carbons (Fsp3) is 0.846. The van der Waals surface area contributed by atoms with E-state index in [0.717, 1.165) is 25.7 Å². The molecule has 2 rings (SSSR count). The van der Waals surface area contributed by atoms with Gasteiger partial charge in [-0.1, -0.05) is 6.42 Å². The van der Waals surface area contributed by atoms with E-state index in [1.165, 1.54) is 0 Å². The molecule has 0 aromatic rings. The number of esters is 2. The molecular weight excluding hydrogens is 220 g/mol. The Labute approximate surface area is 102 Å². The van der Waals surface area contributed by atoms with Gasteiger partial charge in [-0.05, 0) is 44.9 Å². The molecule has 0 aliphatic heterocycles. The molecule has 1 spiro atoms. The van der Waals surface area contributed by atoms with Gasteiger partial charge in [0, 0.05) is 0 Å². The molecule has 0 aromatic heterocycles. The lowest BCUT2D eigenvalue weighted by Gasteiger charge is -2.60. The predicted octanol–water partition coefficient (Wildman–Crippen LogP) is 2.06. The first-order valence-corrected chi connectivity index (χ1v) is 6.47. The van der Waals surface area contributed by atoms with Gasteiger partial charge in [0.25, 0.3) is 0 Å². The Hall–Kier alpha value is -1.06. The van der Waals surface area contributed by atoms with Gasteiger partial charge < -0.3 is 9.47 Å². The fourth-order valence-corrected chi connectivity index (χ4v) is 3.24. The molecule has 2 aliphatic carbocycles. The van der Waals surface area contributed by atoms with Gasteiger partial charge in [0.05, 0.1) is 13.2 Å². The van der Waals surface area contributed by atoms with Crippen LogP contribution < -0.4 is 0 Å². The Bertz CT molecular complexity index is 307. The molecule has 17 heavy (non-hydrogen) atoms. The predicted molar refractivity (Wildman–Crippen MR) is 61.2 cm³/mol. The van der Waals surface area contributed by atoms with Crippen LogP contribution in [0.5, 0.6) is 0 Å². The zero-order chi connectivity index (χ0) is 12.5. The summed E-state index contributed by atoms with van der Waals surface area (Å²) in [5, 5.41) is 0. The van der Waals surface area contributed by atoms with E-state index in [0.29, 0.717) is 19.6 Å². The van der Waals surface area contributed by atoms with E-state index in [-0.39, 0.29) is 17.4 Å². The van der Waals surface area contributed by atoms with E-state index >= 15 is 0 Å². The van der Waals surface area contributed by atoms with E-state index in [1.54, 1.807) is 13.8 Å². The van der Waals surface area contributed by atoms with Gasteiger partial charge in [0.15, 0.2) is 5.41 Å². The highest BCUT2D eigenvalue weighted by atomic mass is 16.6. The van der Waals surface area contributed by atoms with Crippen LogP contribution in [0.25, 0.3) is 0 Å². The SMILES string of the molecule is CCOC(=O)C1(C(=O)OCC)CCC12CCC2. The molecule has 0 atom stereocenters. The largest absolute Gasteiger partial charge is 0.465 e. The van der Waals surface area contributed by atoms with Crippen LogP contribution in [0.2, 0.25) is 0 Å². The second-order valence-corrected chi connectivity index (χ2v) is 4.98. The van der Waals surface area contributed by atoms with Crippen LogP contribution in [0.3, 0.4) is 0 Å². The minimum absolute atomic E-state index is 0.147. The van der Waals surface area contributed by atoms with Gasteiger partial charge in [-0.25, -0.2) is 0 Å². The highest BCUT2D eigenvalue weighted by Crippen LogP contribution is 2.68. The molecule has 0 N–H and O–H groups in total. The van der Waals surface area contributed by atoms with E-state index in [1.807, 2.05) is 0 Å². The van der Waals surface area contributed by atoms with Gasteiger partial charge in [0.2, 0.25) is 0 Å². The van der Waals surface area contributed by atoms with Crippen molar-refractivity contribution in [1.29, 1.82) is 0 Å². The number of hydrogen-bond acceptors (Lipinski definition) is 4. The van der Waals surface area contributed by atoms with Crippen LogP contribution >= 0.6 is 0 Å². The molecule has 0 amide bonds. The first-order valence-electron chi connectivity index (χ1n) is 6.47. The third-order valence-electron chi connectivity index (χ3n) is 4.44. The number of rotatable bonds is 4. The molecular formula is C13H20O4. The summed E-state index contributed by atoms with van der Waals surface area (Å²) in [5.74, 6) is -0.742. The number of carbonyl (C=O) groups excluding carboxylic acids is 2. The summed E-state index contributed by atoms with van der Waals surface area (Å²) in [6, 6.07) is 0. The summed E-state index contributed by atoms with van der Waals surface area (Å²) >= 11 is 0. The Morgan fingerprint density at radius 3 is 1.71 bits per heavy atom. The van der Waals surface area contributed by atoms with Gasteiger partial charge in [0.1, 0.15) is 0 Å². The average molecular weight is 240 g/mol. The summed E-state index contributed by atoms with van der Waals surface area (Å²) in [6.45, 7) is 4.16. The first-order chi connectivity index (χ1) is 8.13. The number of carbonyl (C=O) groups is 2. The molecule has 2 fully saturated rings. The maximum absolute atomic E-state index is 12.1. The van der Waals surface area contributed by atoms with Crippen molar-refractivity contribution in [3.63, 3.8) is 0 Å². The van der Waals surface area contributed by atoms with E-state index < -0.39 is 5.41 Å². The Kier molecular flexibility index (Phi) is 3.15. The first kappa shape index (κ1) is 12.4. The standard InChI is InChI=1S/C13H20O4/c1-3-16-10(14)13(11(15)17-4-2)9-8-12(13)6-5-7-12/h3-9H2,1-2H3. The minimum Gasteiger partial charge on any atom is -0.465 e. The monoisotopic (exact) mass is 240 g/mol. The average Bonchev–Trinajstić information content (AvgIpc) is 2.15. The van der Waals surface area contributed by atoms with Crippen LogP contribution in [-0.2, 0) is 19.1 Å². The molecule has 2 aliphatic rings. The number of ether oxygens (including phenoxy) is 2. The lowest BCUT2D eigenvalue weighted by molar-refractivity contribution is -0.212. The molecule has 0 radical (unpaired) electrons. The molecule has 4 nitrogen and oxygen atoms in total. The topological polar surface area (TPSA) is 52.6 Å². The van der Waals surface area contributed by atoms with Crippen molar-refractivity contribution >= 4 is 11.9 Å². The molecule has 0 saturated heterocycles. The van der Waals surface area contributed by atoms with Crippen molar-refractivity contribution in [2.24, 2.45) is 10.8 Å². The van der Waals surface area contributed by atoms with E-state index in [4.69, 9.17) is 9.47 Å².